The van der Waals surface area contributed by atoms with Crippen molar-refractivity contribution in [3.8, 4) is 6.07 Å². The molecule has 0 aliphatic heterocycles. The van der Waals surface area contributed by atoms with Crippen LogP contribution in [-0.2, 0) is 0 Å². The number of fused-ring (bicyclic) bond motifs is 1. The summed E-state index contributed by atoms with van der Waals surface area (Å²) in [5.74, 6) is -0.210. The van der Waals surface area contributed by atoms with Crippen LogP contribution in [-0.4, -0.2) is 9.97 Å². The lowest BCUT2D eigenvalue weighted by atomic mass is 9.93. The van der Waals surface area contributed by atoms with Crippen LogP contribution in [0.4, 0.5) is 0 Å². The number of H-pyrrole nitrogens is 2. The van der Waals surface area contributed by atoms with Crippen LogP contribution in [0.25, 0.3) is 11.0 Å². The van der Waals surface area contributed by atoms with Gasteiger partial charge in [-0.2, -0.15) is 5.26 Å². The molecular weight excluding hydrogens is 216 g/mol. The molecule has 0 fully saturated rings. The summed E-state index contributed by atoms with van der Waals surface area (Å²) >= 11 is 0. The minimum Gasteiger partial charge on any atom is -0.323 e. The molecule has 0 saturated heterocycles. The molecule has 0 aliphatic rings. The van der Waals surface area contributed by atoms with Gasteiger partial charge >= 0.3 is 5.69 Å². The highest BCUT2D eigenvalue weighted by Gasteiger charge is 2.17. The third-order valence-electron chi connectivity index (χ3n) is 2.96. The Morgan fingerprint density at radius 1 is 1.41 bits per heavy atom. The molecule has 0 amide bonds. The number of aromatic nitrogens is 2. The largest absolute Gasteiger partial charge is 0.323 e. The Bertz CT molecular complexity index is 619. The van der Waals surface area contributed by atoms with Gasteiger partial charge in [-0.25, -0.2) is 4.79 Å². The van der Waals surface area contributed by atoms with E-state index in [1.165, 1.54) is 0 Å². The molecular formula is C12H14N4O. The normalized spacial score (nSPS) is 14.4. The summed E-state index contributed by atoms with van der Waals surface area (Å²) in [6, 6.07) is 7.33. The van der Waals surface area contributed by atoms with E-state index < -0.39 is 0 Å². The molecule has 5 nitrogen and oxygen atoms in total. The van der Waals surface area contributed by atoms with Gasteiger partial charge in [0.25, 0.3) is 0 Å². The molecule has 0 bridgehead atoms. The maximum Gasteiger partial charge on any atom is 0.323 e. The number of nitriles is 1. The summed E-state index contributed by atoms with van der Waals surface area (Å²) in [5.41, 5.74) is 8.12. The molecule has 88 valence electrons. The van der Waals surface area contributed by atoms with Crippen LogP contribution in [0.2, 0.25) is 0 Å². The predicted octanol–water partition coefficient (Wildman–Crippen LogP) is 1.41. The van der Waals surface area contributed by atoms with E-state index in [2.05, 4.69) is 16.0 Å². The molecule has 1 aromatic carbocycles. The second-order valence-electron chi connectivity index (χ2n) is 4.05. The highest BCUT2D eigenvalue weighted by Crippen LogP contribution is 2.23. The molecule has 2 atom stereocenters. The fraction of sp³-hybridized carbons (Fsp3) is 0.333. The number of hydrogen-bond donors (Lipinski definition) is 3. The van der Waals surface area contributed by atoms with Gasteiger partial charge in [0, 0.05) is 6.04 Å². The van der Waals surface area contributed by atoms with Gasteiger partial charge in [-0.15, -0.1) is 0 Å². The first-order chi connectivity index (χ1) is 8.15. The number of nitrogens with zero attached hydrogens (tertiary/aromatic N) is 1. The van der Waals surface area contributed by atoms with Crippen LogP contribution in [0.15, 0.2) is 23.0 Å². The average Bonchev–Trinajstić information content (AvgIpc) is 2.69. The smallest absolute Gasteiger partial charge is 0.323 e. The number of nitrogens with one attached hydrogen (secondary N) is 2. The second kappa shape index (κ2) is 4.44. The van der Waals surface area contributed by atoms with E-state index in [0.717, 1.165) is 16.6 Å². The van der Waals surface area contributed by atoms with Crippen molar-refractivity contribution < 1.29 is 0 Å². The van der Waals surface area contributed by atoms with Crippen LogP contribution < -0.4 is 11.4 Å². The SMILES string of the molecule is CCC(C#N)C(N)c1ccc2[nH]c(=O)[nH]c2c1. The zero-order chi connectivity index (χ0) is 12.4. The third-order valence-corrected chi connectivity index (χ3v) is 2.96. The van der Waals surface area contributed by atoms with E-state index in [1.54, 1.807) is 6.07 Å². The van der Waals surface area contributed by atoms with Crippen molar-refractivity contribution in [2.75, 3.05) is 0 Å². The van der Waals surface area contributed by atoms with Gasteiger partial charge in [-0.3, -0.25) is 0 Å². The molecule has 0 aliphatic carbocycles. The Hall–Kier alpha value is -2.06. The summed E-state index contributed by atoms with van der Waals surface area (Å²) in [6.07, 6.45) is 0.708. The minimum atomic E-state index is -0.326. The fourth-order valence-corrected chi connectivity index (χ4v) is 1.92. The molecule has 2 rings (SSSR count). The molecule has 5 heteroatoms. The molecule has 0 saturated carbocycles. The van der Waals surface area contributed by atoms with Crippen molar-refractivity contribution in [2.24, 2.45) is 11.7 Å². The highest BCUT2D eigenvalue weighted by atomic mass is 16.1. The van der Waals surface area contributed by atoms with Crippen LogP contribution in [0.3, 0.4) is 0 Å². The summed E-state index contributed by atoms with van der Waals surface area (Å²) in [7, 11) is 0. The van der Waals surface area contributed by atoms with E-state index >= 15 is 0 Å². The average molecular weight is 230 g/mol. The Kier molecular flexibility index (Phi) is 2.98. The molecule has 4 N–H and O–H groups in total. The standard InChI is InChI=1S/C12H14N4O/c1-2-7(6-13)11(14)8-3-4-9-10(5-8)16-12(17)15-9/h3-5,7,11H,2,14H2,1H3,(H2,15,16,17). The lowest BCUT2D eigenvalue weighted by molar-refractivity contribution is 0.518. The Morgan fingerprint density at radius 3 is 2.76 bits per heavy atom. The lowest BCUT2D eigenvalue weighted by Gasteiger charge is -2.16. The van der Waals surface area contributed by atoms with Crippen LogP contribution in [0.1, 0.15) is 24.9 Å². The van der Waals surface area contributed by atoms with Gasteiger partial charge in [-0.05, 0) is 24.1 Å². The topological polar surface area (TPSA) is 98.5 Å². The summed E-state index contributed by atoms with van der Waals surface area (Å²) in [6.45, 7) is 1.93. The Labute approximate surface area is 98.3 Å². The summed E-state index contributed by atoms with van der Waals surface area (Å²) in [4.78, 5) is 16.5. The van der Waals surface area contributed by atoms with Gasteiger partial charge < -0.3 is 15.7 Å². The molecule has 1 heterocycles. The van der Waals surface area contributed by atoms with Crippen molar-refractivity contribution in [1.82, 2.24) is 9.97 Å². The predicted molar refractivity (Wildman–Crippen MR) is 65.2 cm³/mol. The summed E-state index contributed by atoms with van der Waals surface area (Å²) < 4.78 is 0. The van der Waals surface area contributed by atoms with Gasteiger partial charge in [0.15, 0.2) is 0 Å². The quantitative estimate of drug-likeness (QED) is 0.743. The third kappa shape index (κ3) is 2.08. The second-order valence-corrected chi connectivity index (χ2v) is 4.05. The minimum absolute atomic E-state index is 0.210. The maximum absolute atomic E-state index is 11.1. The molecule has 2 unspecified atom stereocenters. The van der Waals surface area contributed by atoms with Crippen LogP contribution in [0, 0.1) is 17.2 Å². The van der Waals surface area contributed by atoms with E-state index in [9.17, 15) is 4.79 Å². The van der Waals surface area contributed by atoms with Crippen LogP contribution in [0.5, 0.6) is 0 Å². The van der Waals surface area contributed by atoms with E-state index in [-0.39, 0.29) is 17.6 Å². The maximum atomic E-state index is 11.1. The Morgan fingerprint density at radius 2 is 2.12 bits per heavy atom. The van der Waals surface area contributed by atoms with Crippen molar-refractivity contribution >= 4 is 11.0 Å². The molecule has 17 heavy (non-hydrogen) atoms. The summed E-state index contributed by atoms with van der Waals surface area (Å²) in [5, 5.41) is 8.98. The van der Waals surface area contributed by atoms with Gasteiger partial charge in [0.05, 0.1) is 23.0 Å². The monoisotopic (exact) mass is 230 g/mol. The zero-order valence-corrected chi connectivity index (χ0v) is 9.53. The first kappa shape index (κ1) is 11.4. The van der Waals surface area contributed by atoms with Gasteiger partial charge in [-0.1, -0.05) is 13.0 Å². The lowest BCUT2D eigenvalue weighted by Crippen LogP contribution is -2.19. The van der Waals surface area contributed by atoms with Gasteiger partial charge in [0.1, 0.15) is 0 Å². The van der Waals surface area contributed by atoms with Crippen molar-refractivity contribution in [2.45, 2.75) is 19.4 Å². The number of benzene rings is 1. The van der Waals surface area contributed by atoms with E-state index in [4.69, 9.17) is 11.0 Å². The molecule has 1 aromatic heterocycles. The number of hydrogen-bond acceptors (Lipinski definition) is 3. The first-order valence-electron chi connectivity index (χ1n) is 5.53. The molecule has 2 aromatic rings. The first-order valence-corrected chi connectivity index (χ1v) is 5.53. The van der Waals surface area contributed by atoms with Gasteiger partial charge in [0.2, 0.25) is 0 Å². The molecule has 0 radical (unpaired) electrons. The number of imidazole rings is 1. The number of nitrogens with two attached hydrogens (primary N) is 1. The Balaban J connectivity index is 2.42. The fourth-order valence-electron chi connectivity index (χ4n) is 1.92. The van der Waals surface area contributed by atoms with Crippen molar-refractivity contribution in [3.63, 3.8) is 0 Å². The highest BCUT2D eigenvalue weighted by molar-refractivity contribution is 5.75. The van der Waals surface area contributed by atoms with Crippen molar-refractivity contribution in [1.29, 1.82) is 5.26 Å². The van der Waals surface area contributed by atoms with E-state index in [0.29, 0.717) is 6.42 Å². The van der Waals surface area contributed by atoms with Crippen molar-refractivity contribution in [3.05, 3.63) is 34.2 Å². The number of rotatable bonds is 3. The molecule has 0 spiro atoms. The van der Waals surface area contributed by atoms with E-state index in [1.807, 2.05) is 19.1 Å². The zero-order valence-electron chi connectivity index (χ0n) is 9.53. The van der Waals surface area contributed by atoms with Crippen LogP contribution >= 0.6 is 0 Å². The number of aromatic amines is 2.